The van der Waals surface area contributed by atoms with Crippen LogP contribution in [0.5, 0.6) is 5.75 Å². The van der Waals surface area contributed by atoms with Crippen molar-refractivity contribution >= 4 is 28.3 Å². The van der Waals surface area contributed by atoms with Crippen LogP contribution in [0.2, 0.25) is 0 Å². The zero-order valence-corrected chi connectivity index (χ0v) is 12.3. The standard InChI is InChI=1S/C12H13BrF3NO.ClH/c1-2-3-4-10(17)8-5-7(13)6-9(11(8)18)12(14,15)16;/h2,5-6,10,18H,1,3-4,17H2;1H/t10-;/m0./s1. The van der Waals surface area contributed by atoms with Crippen molar-refractivity contribution in [2.75, 3.05) is 0 Å². The van der Waals surface area contributed by atoms with E-state index in [1.165, 1.54) is 6.07 Å². The number of hydrogen-bond donors (Lipinski definition) is 2. The number of hydrogen-bond acceptors (Lipinski definition) is 2. The quantitative estimate of drug-likeness (QED) is 0.773. The summed E-state index contributed by atoms with van der Waals surface area (Å²) >= 11 is 2.99. The number of benzene rings is 1. The Labute approximate surface area is 124 Å². The fraction of sp³-hybridized carbons (Fsp3) is 0.333. The van der Waals surface area contributed by atoms with Crippen LogP contribution in [0.25, 0.3) is 0 Å². The Kier molecular flexibility index (Phi) is 6.89. The summed E-state index contributed by atoms with van der Waals surface area (Å²) in [4.78, 5) is 0. The molecule has 1 aromatic rings. The summed E-state index contributed by atoms with van der Waals surface area (Å²) in [6.07, 6.45) is -2.00. The van der Waals surface area contributed by atoms with E-state index in [9.17, 15) is 18.3 Å². The van der Waals surface area contributed by atoms with Gasteiger partial charge in [-0.1, -0.05) is 22.0 Å². The Hall–Kier alpha value is -0.720. The number of rotatable bonds is 4. The van der Waals surface area contributed by atoms with Crippen LogP contribution in [0.15, 0.2) is 29.3 Å². The van der Waals surface area contributed by atoms with E-state index < -0.39 is 23.5 Å². The van der Waals surface area contributed by atoms with Gasteiger partial charge in [0.15, 0.2) is 0 Å². The van der Waals surface area contributed by atoms with Crippen molar-refractivity contribution in [2.24, 2.45) is 5.73 Å². The summed E-state index contributed by atoms with van der Waals surface area (Å²) in [6.45, 7) is 3.52. The first-order valence-electron chi connectivity index (χ1n) is 5.23. The molecule has 1 aromatic carbocycles. The number of phenolic OH excluding ortho intramolecular Hbond substituents is 1. The van der Waals surface area contributed by atoms with Crippen LogP contribution < -0.4 is 5.73 Å². The van der Waals surface area contributed by atoms with Gasteiger partial charge in [0.1, 0.15) is 5.75 Å². The average molecular weight is 361 g/mol. The Bertz CT molecular complexity index is 451. The molecule has 0 aromatic heterocycles. The molecule has 3 N–H and O–H groups in total. The normalized spacial score (nSPS) is 12.7. The van der Waals surface area contributed by atoms with E-state index in [1.807, 2.05) is 0 Å². The number of aromatic hydroxyl groups is 1. The van der Waals surface area contributed by atoms with E-state index in [0.29, 0.717) is 12.8 Å². The molecule has 108 valence electrons. The SMILES string of the molecule is C=CCC[C@H](N)c1cc(Br)cc(C(F)(F)F)c1O.Cl. The highest BCUT2D eigenvalue weighted by atomic mass is 79.9. The van der Waals surface area contributed by atoms with Gasteiger partial charge in [-0.25, -0.2) is 0 Å². The molecule has 0 saturated heterocycles. The summed E-state index contributed by atoms with van der Waals surface area (Å²) in [5.74, 6) is -0.803. The van der Waals surface area contributed by atoms with Gasteiger partial charge in [0.05, 0.1) is 5.56 Å². The molecule has 2 nitrogen and oxygen atoms in total. The molecule has 0 unspecified atom stereocenters. The molecule has 0 radical (unpaired) electrons. The van der Waals surface area contributed by atoms with Crippen LogP contribution >= 0.6 is 28.3 Å². The maximum Gasteiger partial charge on any atom is 0.420 e. The van der Waals surface area contributed by atoms with Crippen molar-refractivity contribution in [3.05, 3.63) is 40.4 Å². The molecule has 0 aliphatic rings. The van der Waals surface area contributed by atoms with Crippen LogP contribution in [0.4, 0.5) is 13.2 Å². The first-order chi connectivity index (χ1) is 8.27. The van der Waals surface area contributed by atoms with Crippen molar-refractivity contribution in [3.8, 4) is 5.75 Å². The Morgan fingerprint density at radius 1 is 1.42 bits per heavy atom. The molecule has 0 amide bonds. The van der Waals surface area contributed by atoms with Gasteiger partial charge in [-0.05, 0) is 25.0 Å². The highest BCUT2D eigenvalue weighted by Crippen LogP contribution is 2.41. The van der Waals surface area contributed by atoms with Gasteiger partial charge < -0.3 is 10.8 Å². The Morgan fingerprint density at radius 3 is 2.47 bits per heavy atom. The molecule has 0 saturated carbocycles. The van der Waals surface area contributed by atoms with Gasteiger partial charge >= 0.3 is 6.18 Å². The van der Waals surface area contributed by atoms with Gasteiger partial charge in [-0.15, -0.1) is 19.0 Å². The first kappa shape index (κ1) is 18.3. The second-order valence-corrected chi connectivity index (χ2v) is 4.78. The molecule has 1 atom stereocenters. The molecular formula is C12H14BrClF3NO. The smallest absolute Gasteiger partial charge is 0.420 e. The van der Waals surface area contributed by atoms with E-state index >= 15 is 0 Å². The third-order valence-electron chi connectivity index (χ3n) is 2.49. The van der Waals surface area contributed by atoms with E-state index in [4.69, 9.17) is 5.73 Å². The summed E-state index contributed by atoms with van der Waals surface area (Å²) < 4.78 is 38.3. The number of allylic oxidation sites excluding steroid dienone is 1. The number of halogens is 5. The van der Waals surface area contributed by atoms with Gasteiger partial charge in [0, 0.05) is 16.1 Å². The maximum atomic E-state index is 12.7. The molecule has 0 bridgehead atoms. The Morgan fingerprint density at radius 2 is 2.00 bits per heavy atom. The largest absolute Gasteiger partial charge is 0.507 e. The predicted octanol–water partition coefficient (Wildman–Crippen LogP) is 4.56. The van der Waals surface area contributed by atoms with Crippen LogP contribution in [0.3, 0.4) is 0 Å². The van der Waals surface area contributed by atoms with E-state index in [2.05, 4.69) is 22.5 Å². The van der Waals surface area contributed by atoms with Gasteiger partial charge in [0.2, 0.25) is 0 Å². The lowest BCUT2D eigenvalue weighted by atomic mass is 9.99. The summed E-state index contributed by atoms with van der Waals surface area (Å²) in [7, 11) is 0. The molecule has 0 fully saturated rings. The van der Waals surface area contributed by atoms with Crippen molar-refractivity contribution in [3.63, 3.8) is 0 Å². The molecule has 0 spiro atoms. The fourth-order valence-electron chi connectivity index (χ4n) is 1.57. The number of nitrogens with two attached hydrogens (primary N) is 1. The maximum absolute atomic E-state index is 12.7. The third kappa shape index (κ3) is 4.71. The van der Waals surface area contributed by atoms with Crippen LogP contribution in [0, 0.1) is 0 Å². The van der Waals surface area contributed by atoms with Gasteiger partial charge in [-0.2, -0.15) is 13.2 Å². The topological polar surface area (TPSA) is 46.2 Å². The van der Waals surface area contributed by atoms with Crippen molar-refractivity contribution < 1.29 is 18.3 Å². The number of phenols is 1. The highest BCUT2D eigenvalue weighted by Gasteiger charge is 2.35. The predicted molar refractivity (Wildman–Crippen MR) is 74.4 cm³/mol. The van der Waals surface area contributed by atoms with Gasteiger partial charge in [0.25, 0.3) is 0 Å². The number of alkyl halides is 3. The highest BCUT2D eigenvalue weighted by molar-refractivity contribution is 9.10. The lowest BCUT2D eigenvalue weighted by Crippen LogP contribution is -2.13. The lowest BCUT2D eigenvalue weighted by molar-refractivity contribution is -0.138. The summed E-state index contributed by atoms with van der Waals surface area (Å²) in [5, 5.41) is 9.67. The summed E-state index contributed by atoms with van der Waals surface area (Å²) in [5.41, 5.74) is 4.77. The first-order valence-corrected chi connectivity index (χ1v) is 6.02. The lowest BCUT2D eigenvalue weighted by Gasteiger charge is -2.17. The van der Waals surface area contributed by atoms with E-state index in [-0.39, 0.29) is 22.4 Å². The molecule has 19 heavy (non-hydrogen) atoms. The van der Waals surface area contributed by atoms with Crippen LogP contribution in [-0.4, -0.2) is 5.11 Å². The molecule has 1 rings (SSSR count). The third-order valence-corrected chi connectivity index (χ3v) is 2.95. The van der Waals surface area contributed by atoms with Crippen molar-refractivity contribution in [2.45, 2.75) is 25.1 Å². The minimum atomic E-state index is -4.61. The van der Waals surface area contributed by atoms with Crippen LogP contribution in [0.1, 0.15) is 30.0 Å². The minimum absolute atomic E-state index is 0. The molecular weight excluding hydrogens is 346 g/mol. The Balaban J connectivity index is 0.00000324. The van der Waals surface area contributed by atoms with E-state index in [1.54, 1.807) is 6.08 Å². The minimum Gasteiger partial charge on any atom is -0.507 e. The second-order valence-electron chi connectivity index (χ2n) is 3.86. The van der Waals surface area contributed by atoms with Crippen molar-refractivity contribution in [1.82, 2.24) is 0 Å². The van der Waals surface area contributed by atoms with Gasteiger partial charge in [-0.3, -0.25) is 0 Å². The summed E-state index contributed by atoms with van der Waals surface area (Å²) in [6, 6.07) is 1.57. The average Bonchev–Trinajstić information content (AvgIpc) is 2.27. The zero-order chi connectivity index (χ0) is 13.9. The van der Waals surface area contributed by atoms with Crippen LogP contribution in [-0.2, 0) is 6.18 Å². The molecule has 0 aliphatic heterocycles. The van der Waals surface area contributed by atoms with Crippen molar-refractivity contribution in [1.29, 1.82) is 0 Å². The fourth-order valence-corrected chi connectivity index (χ4v) is 2.05. The van der Waals surface area contributed by atoms with E-state index in [0.717, 1.165) is 6.07 Å². The molecule has 0 heterocycles. The molecule has 0 aliphatic carbocycles. The second kappa shape index (κ2) is 7.17. The monoisotopic (exact) mass is 359 g/mol. The molecule has 7 heteroatoms. The zero-order valence-electron chi connectivity index (χ0n) is 9.88.